The average molecular weight is 421 g/mol. The number of pyridine rings is 1. The van der Waals surface area contributed by atoms with E-state index in [1.165, 1.54) is 30.5 Å². The number of carbonyl (C=O) groups excluding carboxylic acids is 2. The topological polar surface area (TPSA) is 68.2 Å². The molecule has 0 saturated heterocycles. The third-order valence-electron chi connectivity index (χ3n) is 4.91. The first-order valence-corrected chi connectivity index (χ1v) is 10.2. The molecule has 0 radical (unpaired) electrons. The maximum absolute atomic E-state index is 13.2. The van der Waals surface area contributed by atoms with Crippen LogP contribution in [0.4, 0.5) is 4.39 Å². The van der Waals surface area contributed by atoms with E-state index in [0.29, 0.717) is 6.54 Å². The van der Waals surface area contributed by atoms with Crippen LogP contribution in [0.15, 0.2) is 47.4 Å². The number of ketones is 1. The minimum atomic E-state index is -1.42. The van der Waals surface area contributed by atoms with E-state index in [-0.39, 0.29) is 16.5 Å². The van der Waals surface area contributed by atoms with Crippen molar-refractivity contribution in [3.63, 3.8) is 0 Å². The molecule has 29 heavy (non-hydrogen) atoms. The molecule has 2 atom stereocenters. The molecule has 5 nitrogen and oxygen atoms in total. The van der Waals surface area contributed by atoms with Crippen LogP contribution in [-0.2, 0) is 4.79 Å². The Kier molecular flexibility index (Phi) is 8.58. The van der Waals surface area contributed by atoms with Crippen LogP contribution in [0, 0.1) is 11.7 Å². The van der Waals surface area contributed by atoms with Gasteiger partial charge in [-0.25, -0.2) is 4.39 Å². The van der Waals surface area contributed by atoms with Crippen LogP contribution in [0.2, 0.25) is 5.02 Å². The summed E-state index contributed by atoms with van der Waals surface area (Å²) in [6, 6.07) is 6.05. The van der Waals surface area contributed by atoms with Crippen molar-refractivity contribution >= 4 is 23.3 Å². The van der Waals surface area contributed by atoms with Crippen molar-refractivity contribution in [1.82, 2.24) is 9.88 Å². The van der Waals surface area contributed by atoms with Crippen LogP contribution in [0.3, 0.4) is 0 Å². The zero-order valence-corrected chi connectivity index (χ0v) is 17.4. The Labute approximate surface area is 174 Å². The van der Waals surface area contributed by atoms with E-state index < -0.39 is 29.1 Å². The number of benzene rings is 1. The molecule has 0 aliphatic carbocycles. The molecule has 1 amide bonds. The lowest BCUT2D eigenvalue weighted by Crippen LogP contribution is -2.42. The highest BCUT2D eigenvalue weighted by molar-refractivity contribution is 6.30. The van der Waals surface area contributed by atoms with Crippen molar-refractivity contribution < 1.29 is 14.0 Å². The summed E-state index contributed by atoms with van der Waals surface area (Å²) in [5.41, 5.74) is -0.389. The number of Topliss-reactive ketones (excluding diaryl/α,β-unsaturated/α-hetero) is 1. The van der Waals surface area contributed by atoms with Gasteiger partial charge in [-0.15, -0.1) is 0 Å². The zero-order chi connectivity index (χ0) is 21.4. The summed E-state index contributed by atoms with van der Waals surface area (Å²) in [6.45, 7) is 4.57. The molecule has 0 aliphatic rings. The molecular weight excluding hydrogens is 395 g/mol. The highest BCUT2D eigenvalue weighted by Gasteiger charge is 2.30. The molecule has 0 spiro atoms. The van der Waals surface area contributed by atoms with Crippen molar-refractivity contribution in [2.24, 2.45) is 5.92 Å². The van der Waals surface area contributed by atoms with Crippen LogP contribution >= 0.6 is 11.6 Å². The standard InChI is InChI=1S/C22H26ClFN2O3/c1-3-5-6-15(4-2)13-25-22(29)20(26-14-17(23)9-12-19(26)27)21(28)16-7-10-18(24)11-8-16/h7-12,14-15,20H,3-6,13H2,1-2H3,(H,25,29)/t15-,20-/m0/s1. The van der Waals surface area contributed by atoms with Crippen LogP contribution in [0.5, 0.6) is 0 Å². The summed E-state index contributed by atoms with van der Waals surface area (Å²) in [4.78, 5) is 38.4. The van der Waals surface area contributed by atoms with Gasteiger partial charge in [0.05, 0.1) is 5.02 Å². The Morgan fingerprint density at radius 1 is 1.14 bits per heavy atom. The van der Waals surface area contributed by atoms with Gasteiger partial charge in [0.15, 0.2) is 11.8 Å². The number of carbonyl (C=O) groups is 2. The molecule has 2 aromatic rings. The maximum Gasteiger partial charge on any atom is 0.251 e. The number of rotatable bonds is 10. The van der Waals surface area contributed by atoms with Gasteiger partial charge in [0.2, 0.25) is 0 Å². The number of unbranched alkanes of at least 4 members (excludes halogenated alkanes) is 1. The van der Waals surface area contributed by atoms with Gasteiger partial charge in [-0.3, -0.25) is 19.0 Å². The van der Waals surface area contributed by atoms with Crippen LogP contribution < -0.4 is 10.9 Å². The Bertz CT molecular complexity index is 896. The number of halogens is 2. The molecule has 0 saturated carbocycles. The number of nitrogens with one attached hydrogen (secondary N) is 1. The van der Waals surface area contributed by atoms with Gasteiger partial charge in [-0.2, -0.15) is 0 Å². The second-order valence-electron chi connectivity index (χ2n) is 7.03. The fourth-order valence-electron chi connectivity index (χ4n) is 3.11. The number of nitrogens with zero attached hydrogens (tertiary/aromatic N) is 1. The van der Waals surface area contributed by atoms with Crippen molar-refractivity contribution in [1.29, 1.82) is 0 Å². The molecule has 1 heterocycles. The van der Waals surface area contributed by atoms with Crippen molar-refractivity contribution in [2.75, 3.05) is 6.54 Å². The zero-order valence-electron chi connectivity index (χ0n) is 16.7. The molecular formula is C22H26ClFN2O3. The maximum atomic E-state index is 13.2. The monoisotopic (exact) mass is 420 g/mol. The molecule has 1 aromatic heterocycles. The lowest BCUT2D eigenvalue weighted by molar-refractivity contribution is -0.123. The molecule has 0 aliphatic heterocycles. The fourth-order valence-corrected chi connectivity index (χ4v) is 3.28. The molecule has 0 fully saturated rings. The highest BCUT2D eigenvalue weighted by Crippen LogP contribution is 2.18. The summed E-state index contributed by atoms with van der Waals surface area (Å²) in [6.07, 6.45) is 5.26. The number of aromatic nitrogens is 1. The molecule has 1 N–H and O–H groups in total. The van der Waals surface area contributed by atoms with E-state index in [9.17, 15) is 18.8 Å². The normalized spacial score (nSPS) is 13.0. The van der Waals surface area contributed by atoms with Gasteiger partial charge in [-0.1, -0.05) is 44.7 Å². The van der Waals surface area contributed by atoms with Gasteiger partial charge in [0.1, 0.15) is 5.82 Å². The molecule has 1 aromatic carbocycles. The van der Waals surface area contributed by atoms with Gasteiger partial charge >= 0.3 is 0 Å². The summed E-state index contributed by atoms with van der Waals surface area (Å²) in [5.74, 6) is -1.40. The lowest BCUT2D eigenvalue weighted by atomic mass is 9.98. The van der Waals surface area contributed by atoms with E-state index in [0.717, 1.165) is 42.4 Å². The lowest BCUT2D eigenvalue weighted by Gasteiger charge is -2.21. The Morgan fingerprint density at radius 3 is 2.45 bits per heavy atom. The second kappa shape index (κ2) is 10.9. The number of hydrogen-bond acceptors (Lipinski definition) is 3. The van der Waals surface area contributed by atoms with E-state index in [4.69, 9.17) is 11.6 Å². The van der Waals surface area contributed by atoms with Crippen LogP contribution in [0.1, 0.15) is 55.9 Å². The van der Waals surface area contributed by atoms with E-state index >= 15 is 0 Å². The minimum absolute atomic E-state index is 0.136. The van der Waals surface area contributed by atoms with Crippen LogP contribution in [0.25, 0.3) is 0 Å². The summed E-state index contributed by atoms with van der Waals surface area (Å²) < 4.78 is 14.3. The fraction of sp³-hybridized carbons (Fsp3) is 0.409. The SMILES string of the molecule is CCCC[C@H](CC)CNC(=O)[C@H](C(=O)c1ccc(F)cc1)n1cc(Cl)ccc1=O. The average Bonchev–Trinajstić information content (AvgIpc) is 2.71. The van der Waals surface area contributed by atoms with Gasteiger partial charge in [0, 0.05) is 24.4 Å². The first-order chi connectivity index (χ1) is 13.9. The largest absolute Gasteiger partial charge is 0.354 e. The van der Waals surface area contributed by atoms with E-state index in [2.05, 4.69) is 19.2 Å². The third kappa shape index (κ3) is 6.26. The Morgan fingerprint density at radius 2 is 1.83 bits per heavy atom. The first kappa shape index (κ1) is 22.8. The molecule has 7 heteroatoms. The molecule has 156 valence electrons. The van der Waals surface area contributed by atoms with Gasteiger partial charge in [0.25, 0.3) is 11.5 Å². The molecule has 0 bridgehead atoms. The van der Waals surface area contributed by atoms with Crippen molar-refractivity contribution in [2.45, 2.75) is 45.6 Å². The summed E-state index contributed by atoms with van der Waals surface area (Å²) in [7, 11) is 0. The minimum Gasteiger partial charge on any atom is -0.354 e. The smallest absolute Gasteiger partial charge is 0.251 e. The Hall–Kier alpha value is -2.47. The van der Waals surface area contributed by atoms with Crippen molar-refractivity contribution in [3.05, 3.63) is 69.4 Å². The van der Waals surface area contributed by atoms with Crippen LogP contribution in [-0.4, -0.2) is 22.8 Å². The van der Waals surface area contributed by atoms with Crippen molar-refractivity contribution in [3.8, 4) is 0 Å². The van der Waals surface area contributed by atoms with E-state index in [1.807, 2.05) is 0 Å². The predicted octanol–water partition coefficient (Wildman–Crippen LogP) is 4.40. The third-order valence-corrected chi connectivity index (χ3v) is 5.14. The molecule has 0 unspecified atom stereocenters. The number of amides is 1. The quantitative estimate of drug-likeness (QED) is 0.457. The summed E-state index contributed by atoms with van der Waals surface area (Å²) >= 11 is 5.99. The number of hydrogen-bond donors (Lipinski definition) is 1. The predicted molar refractivity (Wildman–Crippen MR) is 112 cm³/mol. The molecule has 2 rings (SSSR count). The highest BCUT2D eigenvalue weighted by atomic mass is 35.5. The van der Waals surface area contributed by atoms with Gasteiger partial charge < -0.3 is 5.32 Å². The van der Waals surface area contributed by atoms with Gasteiger partial charge in [-0.05, 0) is 42.7 Å². The summed E-state index contributed by atoms with van der Waals surface area (Å²) in [5, 5.41) is 3.04. The first-order valence-electron chi connectivity index (χ1n) is 9.82. The second-order valence-corrected chi connectivity index (χ2v) is 7.46. The Balaban J connectivity index is 2.32. The van der Waals surface area contributed by atoms with E-state index in [1.54, 1.807) is 0 Å².